The minimum Gasteiger partial charge on any atom is -0.168 e. The van der Waals surface area contributed by atoms with Gasteiger partial charge in [0.05, 0.1) is 19.8 Å². The van der Waals surface area contributed by atoms with Gasteiger partial charge in [0.1, 0.15) is 0 Å². The smallest absolute Gasteiger partial charge is 0.168 e. The molecule has 0 N–H and O–H groups in total. The van der Waals surface area contributed by atoms with Gasteiger partial charge in [-0.15, -0.1) is 0 Å². The van der Waals surface area contributed by atoms with Crippen molar-refractivity contribution in [2.45, 2.75) is 59.3 Å². The van der Waals surface area contributed by atoms with Crippen molar-refractivity contribution in [1.29, 1.82) is 0 Å². The Balaban J connectivity index is 4.20. The van der Waals surface area contributed by atoms with E-state index in [1.165, 1.54) is 0 Å². The Kier molecular flexibility index (Phi) is 13.6. The summed E-state index contributed by atoms with van der Waals surface area (Å²) in [5.74, 6) is 0. The molecule has 6 heteroatoms. The van der Waals surface area contributed by atoms with Gasteiger partial charge in [0, 0.05) is 10.7 Å². The van der Waals surface area contributed by atoms with Crippen molar-refractivity contribution in [3.63, 3.8) is 0 Å². The van der Waals surface area contributed by atoms with Crippen LogP contribution >= 0.6 is 28.4 Å². The van der Waals surface area contributed by atoms with Crippen LogP contribution in [0.4, 0.5) is 0 Å². The number of halogens is 1. The predicted octanol–water partition coefficient (Wildman–Crippen LogP) is 6.00. The molecule has 0 aromatic carbocycles. The zero-order valence-electron chi connectivity index (χ0n) is 11.8. The molecule has 3 nitrogen and oxygen atoms in total. The van der Waals surface area contributed by atoms with Crippen LogP contribution in [0.3, 0.4) is 0 Å². The SMILES string of the molecule is CCCCO[P+](OCCCC)(OCCCC)SCl. The third-order valence-electron chi connectivity index (χ3n) is 2.33. The molecule has 0 unspecified atom stereocenters. The summed E-state index contributed by atoms with van der Waals surface area (Å²) >= 11 is 0. The van der Waals surface area contributed by atoms with Crippen LogP contribution in [0.2, 0.25) is 0 Å². The molecule has 0 spiro atoms. The van der Waals surface area contributed by atoms with Crippen molar-refractivity contribution in [2.75, 3.05) is 19.8 Å². The summed E-state index contributed by atoms with van der Waals surface area (Å²) in [5.41, 5.74) is 0. The van der Waals surface area contributed by atoms with Crippen molar-refractivity contribution in [3.05, 3.63) is 0 Å². The normalized spacial score (nSPS) is 12.0. The van der Waals surface area contributed by atoms with Crippen molar-refractivity contribution in [1.82, 2.24) is 0 Å². The van der Waals surface area contributed by atoms with Crippen molar-refractivity contribution < 1.29 is 13.6 Å². The van der Waals surface area contributed by atoms with E-state index in [1.54, 1.807) is 0 Å². The van der Waals surface area contributed by atoms with Gasteiger partial charge in [-0.1, -0.05) is 40.0 Å². The van der Waals surface area contributed by atoms with Gasteiger partial charge in [0.15, 0.2) is 0 Å². The van der Waals surface area contributed by atoms with Crippen LogP contribution in [0, 0.1) is 0 Å². The second-order valence-corrected chi connectivity index (χ2v) is 8.88. The minimum atomic E-state index is -2.38. The third kappa shape index (κ3) is 8.95. The first kappa shape index (κ1) is 18.9. The van der Waals surface area contributed by atoms with E-state index in [0.717, 1.165) is 49.1 Å². The fourth-order valence-corrected chi connectivity index (χ4v) is 4.64. The largest absolute Gasteiger partial charge is 0.497 e. The monoisotopic (exact) mass is 317 g/mol. The first-order valence-electron chi connectivity index (χ1n) is 6.87. The second kappa shape index (κ2) is 13.0. The van der Waals surface area contributed by atoms with Gasteiger partial charge in [-0.25, -0.2) is 0 Å². The number of unbranched alkanes of at least 4 members (excludes halogenated alkanes) is 3. The lowest BCUT2D eigenvalue weighted by Gasteiger charge is -2.17. The van der Waals surface area contributed by atoms with Gasteiger partial charge < -0.3 is 0 Å². The fourth-order valence-electron chi connectivity index (χ4n) is 1.13. The Labute approximate surface area is 121 Å². The van der Waals surface area contributed by atoms with Gasteiger partial charge >= 0.3 is 7.15 Å². The molecule has 0 rings (SSSR count). The molecule has 110 valence electrons. The summed E-state index contributed by atoms with van der Waals surface area (Å²) in [4.78, 5) is 0. The van der Waals surface area contributed by atoms with Crippen LogP contribution < -0.4 is 0 Å². The van der Waals surface area contributed by atoms with Crippen LogP contribution in [-0.4, -0.2) is 19.8 Å². The first-order chi connectivity index (χ1) is 8.74. The fraction of sp³-hybridized carbons (Fsp3) is 1.00. The Morgan fingerprint density at radius 3 is 1.33 bits per heavy atom. The molecule has 0 aliphatic carbocycles. The molecule has 0 aromatic rings. The summed E-state index contributed by atoms with van der Waals surface area (Å²) in [6.45, 7) is 8.36. The molecule has 0 saturated carbocycles. The van der Waals surface area contributed by atoms with Crippen LogP contribution in [0.1, 0.15) is 59.3 Å². The zero-order valence-corrected chi connectivity index (χ0v) is 14.3. The molecular weight excluding hydrogens is 291 g/mol. The molecule has 18 heavy (non-hydrogen) atoms. The average Bonchev–Trinajstić information content (AvgIpc) is 2.39. The number of hydrogen-bond donors (Lipinski definition) is 0. The lowest BCUT2D eigenvalue weighted by atomic mass is 10.4. The minimum absolute atomic E-state index is 0.655. The van der Waals surface area contributed by atoms with E-state index in [9.17, 15) is 0 Å². The molecule has 0 aromatic heterocycles. The van der Waals surface area contributed by atoms with Gasteiger partial charge in [-0.3, -0.25) is 0 Å². The molecule has 0 aliphatic heterocycles. The van der Waals surface area contributed by atoms with E-state index in [4.69, 9.17) is 24.3 Å². The van der Waals surface area contributed by atoms with Crippen LogP contribution in [0.15, 0.2) is 0 Å². The van der Waals surface area contributed by atoms with E-state index in [-0.39, 0.29) is 0 Å². The highest BCUT2D eigenvalue weighted by Gasteiger charge is 2.47. The van der Waals surface area contributed by atoms with E-state index in [2.05, 4.69) is 20.8 Å². The lowest BCUT2D eigenvalue weighted by molar-refractivity contribution is 0.149. The lowest BCUT2D eigenvalue weighted by Crippen LogP contribution is -2.06. The highest BCUT2D eigenvalue weighted by atomic mass is 35.7. The topological polar surface area (TPSA) is 27.7 Å². The van der Waals surface area contributed by atoms with Crippen molar-refractivity contribution in [3.8, 4) is 0 Å². The van der Waals surface area contributed by atoms with E-state index in [0.29, 0.717) is 19.8 Å². The summed E-state index contributed by atoms with van der Waals surface area (Å²) in [6.07, 6.45) is 6.30. The van der Waals surface area contributed by atoms with Gasteiger partial charge in [0.2, 0.25) is 10.6 Å². The maximum Gasteiger partial charge on any atom is 0.497 e. The number of rotatable bonds is 13. The molecule has 0 bridgehead atoms. The average molecular weight is 318 g/mol. The Morgan fingerprint density at radius 1 is 0.778 bits per heavy atom. The number of hydrogen-bond acceptors (Lipinski definition) is 4. The Morgan fingerprint density at radius 2 is 1.11 bits per heavy atom. The highest BCUT2D eigenvalue weighted by molar-refractivity contribution is 8.68. The molecule has 0 radical (unpaired) electrons. The Hall–Kier alpha value is 0.950. The summed E-state index contributed by atoms with van der Waals surface area (Å²) in [6, 6.07) is 0. The standard InChI is InChI=1S/C12H27ClO3PS/c1-4-7-10-14-17(18-13,15-11-8-5-2)16-12-9-6-3/h4-12H2,1-3H3/q+1. The molecular formula is C12H27ClO3PS+. The van der Waals surface area contributed by atoms with E-state index < -0.39 is 7.15 Å². The van der Waals surface area contributed by atoms with Gasteiger partial charge in [0.25, 0.3) is 0 Å². The highest BCUT2D eigenvalue weighted by Crippen LogP contribution is 2.74. The van der Waals surface area contributed by atoms with Gasteiger partial charge in [-0.05, 0) is 19.3 Å². The summed E-state index contributed by atoms with van der Waals surface area (Å²) in [5, 5.41) is 0. The molecule has 0 aliphatic rings. The predicted molar refractivity (Wildman–Crippen MR) is 82.9 cm³/mol. The first-order valence-corrected chi connectivity index (χ1v) is 10.7. The van der Waals surface area contributed by atoms with Crippen LogP contribution in [-0.2, 0) is 13.6 Å². The van der Waals surface area contributed by atoms with Crippen molar-refractivity contribution in [2.24, 2.45) is 0 Å². The molecule has 0 heterocycles. The van der Waals surface area contributed by atoms with E-state index in [1.807, 2.05) is 0 Å². The Bertz CT molecular complexity index is 160. The van der Waals surface area contributed by atoms with Crippen LogP contribution in [0.25, 0.3) is 0 Å². The van der Waals surface area contributed by atoms with E-state index >= 15 is 0 Å². The molecule has 0 amide bonds. The van der Waals surface area contributed by atoms with Crippen molar-refractivity contribution >= 4 is 28.4 Å². The molecule has 0 saturated heterocycles. The summed E-state index contributed by atoms with van der Waals surface area (Å²) in [7, 11) is 4.65. The second-order valence-electron chi connectivity index (χ2n) is 4.08. The quantitative estimate of drug-likeness (QED) is 0.307. The maximum absolute atomic E-state index is 5.95. The third-order valence-corrected chi connectivity index (χ3v) is 6.97. The summed E-state index contributed by atoms with van der Waals surface area (Å²) < 4.78 is 17.4. The van der Waals surface area contributed by atoms with Crippen LogP contribution in [0.5, 0.6) is 0 Å². The molecule has 0 fully saturated rings. The maximum atomic E-state index is 5.95. The molecule has 0 atom stereocenters. The van der Waals surface area contributed by atoms with Gasteiger partial charge in [-0.2, -0.15) is 13.6 Å². The zero-order chi connectivity index (χ0) is 13.7.